The Labute approximate surface area is 96.1 Å². The van der Waals surface area contributed by atoms with Crippen LogP contribution in [0.25, 0.3) is 0 Å². The van der Waals surface area contributed by atoms with Crippen molar-refractivity contribution in [3.8, 4) is 0 Å². The van der Waals surface area contributed by atoms with E-state index in [4.69, 9.17) is 10.5 Å². The Morgan fingerprint density at radius 2 is 1.73 bits per heavy atom. The molecule has 0 amide bonds. The highest BCUT2D eigenvalue weighted by Crippen LogP contribution is 2.08. The van der Waals surface area contributed by atoms with Gasteiger partial charge in [-0.1, -0.05) is 6.92 Å². The monoisotopic (exact) mass is 237 g/mol. The van der Waals surface area contributed by atoms with E-state index in [1.54, 1.807) is 0 Å². The van der Waals surface area contributed by atoms with Gasteiger partial charge >= 0.3 is 5.97 Å². The third kappa shape index (κ3) is 16.1. The molecule has 1 atom stereocenters. The second-order valence-electron chi connectivity index (χ2n) is 4.02. The Kier molecular flexibility index (Phi) is 8.57. The van der Waals surface area contributed by atoms with Crippen molar-refractivity contribution in [1.29, 1.82) is 0 Å². The molecule has 0 saturated carbocycles. The van der Waals surface area contributed by atoms with Crippen LogP contribution >= 0.6 is 11.6 Å². The molecule has 0 aliphatic rings. The van der Waals surface area contributed by atoms with Gasteiger partial charge < -0.3 is 10.5 Å². The molecule has 0 radical (unpaired) electrons. The predicted octanol–water partition coefficient (Wildman–Crippen LogP) is 1.84. The van der Waals surface area contributed by atoms with Crippen LogP contribution in [0.1, 0.15) is 41.0 Å². The van der Waals surface area contributed by atoms with Crippen molar-refractivity contribution in [2.24, 2.45) is 5.73 Å². The fraction of sp³-hybridized carbons (Fsp3) is 0.800. The molecule has 15 heavy (non-hydrogen) atoms. The van der Waals surface area contributed by atoms with Gasteiger partial charge in [-0.3, -0.25) is 9.59 Å². The zero-order valence-corrected chi connectivity index (χ0v) is 10.7. The van der Waals surface area contributed by atoms with Crippen molar-refractivity contribution in [3.05, 3.63) is 0 Å². The lowest BCUT2D eigenvalue weighted by atomic mass is 10.2. The molecule has 0 aromatic heterocycles. The third-order valence-electron chi connectivity index (χ3n) is 1.15. The molecular weight excluding hydrogens is 218 g/mol. The number of halogens is 1. The Hall–Kier alpha value is -0.610. The quantitative estimate of drug-likeness (QED) is 0.588. The molecule has 0 fully saturated rings. The zero-order valence-electron chi connectivity index (χ0n) is 9.96. The fourth-order valence-corrected chi connectivity index (χ4v) is 0.544. The molecule has 0 bridgehead atoms. The van der Waals surface area contributed by atoms with Crippen LogP contribution in [-0.4, -0.2) is 22.9 Å². The van der Waals surface area contributed by atoms with Crippen molar-refractivity contribution in [1.82, 2.24) is 0 Å². The first-order valence-corrected chi connectivity index (χ1v) is 5.12. The van der Waals surface area contributed by atoms with E-state index in [1.165, 1.54) is 6.92 Å². The molecule has 5 heteroatoms. The van der Waals surface area contributed by atoms with Gasteiger partial charge in [0.25, 0.3) is 0 Å². The number of hydrogen-bond donors (Lipinski definition) is 1. The van der Waals surface area contributed by atoms with Crippen LogP contribution in [0.3, 0.4) is 0 Å². The van der Waals surface area contributed by atoms with Crippen LogP contribution in [0.15, 0.2) is 0 Å². The highest BCUT2D eigenvalue weighted by molar-refractivity contribution is 6.62. The minimum Gasteiger partial charge on any atom is -0.459 e. The molecule has 0 saturated heterocycles. The molecular formula is C10H20ClNO3. The van der Waals surface area contributed by atoms with E-state index in [9.17, 15) is 9.59 Å². The average Bonchev–Trinajstić information content (AvgIpc) is 1.98. The molecule has 4 nitrogen and oxygen atoms in total. The topological polar surface area (TPSA) is 69.4 Å². The summed E-state index contributed by atoms with van der Waals surface area (Å²) in [5.41, 5.74) is 5.02. The number of ether oxygens (including phenoxy) is 1. The zero-order chi connectivity index (χ0) is 12.6. The number of rotatable bonds is 2. The number of nitrogens with two attached hydrogens (primary N) is 1. The number of hydrogen-bond acceptors (Lipinski definition) is 4. The van der Waals surface area contributed by atoms with Crippen LogP contribution in [0.5, 0.6) is 0 Å². The second-order valence-corrected chi connectivity index (χ2v) is 4.55. The lowest BCUT2D eigenvalue weighted by Gasteiger charge is -2.21. The Morgan fingerprint density at radius 3 is 1.93 bits per heavy atom. The van der Waals surface area contributed by atoms with Gasteiger partial charge in [0.2, 0.25) is 5.24 Å². The largest absolute Gasteiger partial charge is 0.459 e. The first kappa shape index (κ1) is 16.8. The highest BCUT2D eigenvalue weighted by atomic mass is 35.5. The van der Waals surface area contributed by atoms with Gasteiger partial charge in [0.1, 0.15) is 11.6 Å². The van der Waals surface area contributed by atoms with Crippen LogP contribution in [0, 0.1) is 0 Å². The summed E-state index contributed by atoms with van der Waals surface area (Å²) in [4.78, 5) is 20.3. The lowest BCUT2D eigenvalue weighted by Crippen LogP contribution is -2.36. The molecule has 0 aromatic rings. The third-order valence-corrected chi connectivity index (χ3v) is 1.15. The summed E-state index contributed by atoms with van der Waals surface area (Å²) in [6.45, 7) is 8.63. The van der Waals surface area contributed by atoms with E-state index in [0.717, 1.165) is 0 Å². The van der Waals surface area contributed by atoms with E-state index >= 15 is 0 Å². The maximum atomic E-state index is 11.0. The highest BCUT2D eigenvalue weighted by Gasteiger charge is 2.20. The van der Waals surface area contributed by atoms with Crippen molar-refractivity contribution in [2.45, 2.75) is 52.7 Å². The molecule has 0 heterocycles. The minimum absolute atomic E-state index is 0.319. The van der Waals surface area contributed by atoms with Crippen LogP contribution in [0.2, 0.25) is 0 Å². The molecule has 0 aliphatic carbocycles. The van der Waals surface area contributed by atoms with Gasteiger partial charge in [0.05, 0.1) is 0 Å². The van der Waals surface area contributed by atoms with Gasteiger partial charge in [-0.2, -0.15) is 0 Å². The Bertz CT molecular complexity index is 207. The van der Waals surface area contributed by atoms with Gasteiger partial charge in [-0.15, -0.1) is 0 Å². The minimum atomic E-state index is -0.478. The SMILES string of the molecule is CC(=O)Cl.CCC(N)C(=O)OC(C)(C)C. The maximum absolute atomic E-state index is 11.0. The van der Waals surface area contributed by atoms with E-state index in [0.29, 0.717) is 6.42 Å². The molecule has 0 spiro atoms. The van der Waals surface area contributed by atoms with Crippen LogP contribution in [-0.2, 0) is 14.3 Å². The van der Waals surface area contributed by atoms with Crippen molar-refractivity contribution in [2.75, 3.05) is 0 Å². The Morgan fingerprint density at radius 1 is 1.40 bits per heavy atom. The smallest absolute Gasteiger partial charge is 0.323 e. The van der Waals surface area contributed by atoms with Crippen molar-refractivity contribution >= 4 is 22.8 Å². The average molecular weight is 238 g/mol. The van der Waals surface area contributed by atoms with Gasteiger partial charge in [-0.25, -0.2) is 0 Å². The first-order chi connectivity index (χ1) is 6.60. The van der Waals surface area contributed by atoms with Crippen molar-refractivity contribution < 1.29 is 14.3 Å². The second kappa shape index (κ2) is 7.65. The van der Waals surface area contributed by atoms with E-state index in [1.807, 2.05) is 27.7 Å². The number of carbonyl (C=O) groups is 2. The van der Waals surface area contributed by atoms with E-state index in [2.05, 4.69) is 11.6 Å². The summed E-state index contributed by atoms with van der Waals surface area (Å²) in [5, 5.41) is -0.361. The summed E-state index contributed by atoms with van der Waals surface area (Å²) in [6, 6.07) is -0.478. The Balaban J connectivity index is 0. The number of esters is 1. The van der Waals surface area contributed by atoms with Gasteiger partial charge in [0, 0.05) is 6.92 Å². The maximum Gasteiger partial charge on any atom is 0.323 e. The molecule has 1 unspecified atom stereocenters. The summed E-state index contributed by atoms with van der Waals surface area (Å²) in [6.07, 6.45) is 0.620. The predicted molar refractivity (Wildman–Crippen MR) is 60.6 cm³/mol. The summed E-state index contributed by atoms with van der Waals surface area (Å²) in [7, 11) is 0. The van der Waals surface area contributed by atoms with Gasteiger partial charge in [0.15, 0.2) is 0 Å². The summed E-state index contributed by atoms with van der Waals surface area (Å²) < 4.78 is 5.03. The first-order valence-electron chi connectivity index (χ1n) is 4.74. The standard InChI is InChI=1S/C8H17NO2.C2H3ClO/c1-5-6(9)7(10)11-8(2,3)4;1-2(3)4/h6H,5,9H2,1-4H3;1H3. The number of carbonyl (C=O) groups excluding carboxylic acids is 2. The normalized spacial score (nSPS) is 12.2. The van der Waals surface area contributed by atoms with E-state index < -0.39 is 11.6 Å². The summed E-state index contributed by atoms with van der Waals surface area (Å²) >= 11 is 4.64. The van der Waals surface area contributed by atoms with E-state index in [-0.39, 0.29) is 11.2 Å². The van der Waals surface area contributed by atoms with Crippen LogP contribution in [0.4, 0.5) is 0 Å². The summed E-state index contributed by atoms with van der Waals surface area (Å²) in [5.74, 6) is -0.319. The molecule has 2 N–H and O–H groups in total. The molecule has 90 valence electrons. The molecule has 0 aliphatic heterocycles. The molecule has 0 aromatic carbocycles. The van der Waals surface area contributed by atoms with Crippen LogP contribution < -0.4 is 5.73 Å². The molecule has 0 rings (SSSR count). The van der Waals surface area contributed by atoms with Gasteiger partial charge in [-0.05, 0) is 38.8 Å². The van der Waals surface area contributed by atoms with Crippen molar-refractivity contribution in [3.63, 3.8) is 0 Å². The lowest BCUT2D eigenvalue weighted by molar-refractivity contribution is -0.156. The fourth-order valence-electron chi connectivity index (χ4n) is 0.544.